The fourth-order valence-electron chi connectivity index (χ4n) is 3.14. The molecule has 0 bridgehead atoms. The lowest BCUT2D eigenvalue weighted by Gasteiger charge is -2.11. The minimum atomic E-state index is -4.17. The van der Waals surface area contributed by atoms with Crippen LogP contribution in [0.1, 0.15) is 11.1 Å². The number of fused-ring (bicyclic) bond motifs is 1. The van der Waals surface area contributed by atoms with Crippen LogP contribution in [-0.4, -0.2) is 17.8 Å². The third-order valence-electron chi connectivity index (χ3n) is 4.81. The molecule has 2 aromatic heterocycles. The third kappa shape index (κ3) is 4.37. The highest BCUT2D eigenvalue weighted by molar-refractivity contribution is 7.95. The Morgan fingerprint density at radius 2 is 1.79 bits per heavy atom. The molecule has 2 heterocycles. The summed E-state index contributed by atoms with van der Waals surface area (Å²) in [5.74, 6) is 0.205. The summed E-state index contributed by atoms with van der Waals surface area (Å²) in [5.41, 5.74) is 0.296. The summed E-state index contributed by atoms with van der Waals surface area (Å²) in [6.45, 7) is 1.78. The molecule has 164 valence electrons. The Balaban J connectivity index is 1.97. The van der Waals surface area contributed by atoms with Gasteiger partial charge < -0.3 is 4.74 Å². The monoisotopic (exact) mass is 477 g/mol. The molecule has 4 rings (SSSR count). The zero-order valence-corrected chi connectivity index (χ0v) is 18.8. The minimum absolute atomic E-state index is 0.0670. The average Bonchev–Trinajstić information content (AvgIpc) is 2.81. The number of ether oxygens (including phenoxy) is 1. The van der Waals surface area contributed by atoms with Gasteiger partial charge in [-0.05, 0) is 61.0 Å². The van der Waals surface area contributed by atoms with Crippen molar-refractivity contribution in [3.8, 4) is 17.7 Å². The predicted molar refractivity (Wildman–Crippen MR) is 125 cm³/mol. The summed E-state index contributed by atoms with van der Waals surface area (Å²) >= 11 is 5.93. The Kier molecular flexibility index (Phi) is 6.01. The largest absolute Gasteiger partial charge is 0.438 e. The summed E-state index contributed by atoms with van der Waals surface area (Å²) in [4.78, 5) is 17.1. The number of hydrogen-bond acceptors (Lipinski definition) is 6. The fourth-order valence-corrected chi connectivity index (χ4v) is 4.42. The lowest BCUT2D eigenvalue weighted by Crippen LogP contribution is -2.20. The van der Waals surface area contributed by atoms with Crippen molar-refractivity contribution in [3.05, 3.63) is 104 Å². The summed E-state index contributed by atoms with van der Waals surface area (Å²) in [6, 6.07) is 19.0. The van der Waals surface area contributed by atoms with E-state index >= 15 is 0 Å². The first kappa shape index (κ1) is 22.3. The first-order valence-electron chi connectivity index (χ1n) is 9.68. The fraction of sp³-hybridized carbons (Fsp3) is 0.0417. The highest BCUT2D eigenvalue weighted by Crippen LogP contribution is 2.28. The SMILES string of the molecule is Cc1cccn2c(=O)c(/C=C(/C#N)S(=O)(=O)c3ccccc3)c(Oc3ccc(Cl)cc3)nc12. The van der Waals surface area contributed by atoms with Crippen molar-refractivity contribution in [3.63, 3.8) is 0 Å². The molecule has 7 nitrogen and oxygen atoms in total. The number of pyridine rings is 1. The van der Waals surface area contributed by atoms with Crippen LogP contribution in [0.25, 0.3) is 11.7 Å². The van der Waals surface area contributed by atoms with Gasteiger partial charge in [0, 0.05) is 11.2 Å². The molecule has 0 atom stereocenters. The smallest absolute Gasteiger partial charge is 0.269 e. The molecule has 9 heteroatoms. The zero-order chi connectivity index (χ0) is 23.6. The van der Waals surface area contributed by atoms with E-state index in [0.29, 0.717) is 22.0 Å². The quantitative estimate of drug-likeness (QED) is 0.383. The van der Waals surface area contributed by atoms with Gasteiger partial charge in [0.25, 0.3) is 5.56 Å². The van der Waals surface area contributed by atoms with Gasteiger partial charge in [-0.2, -0.15) is 10.2 Å². The van der Waals surface area contributed by atoms with E-state index in [-0.39, 0.29) is 16.3 Å². The van der Waals surface area contributed by atoms with Crippen LogP contribution in [-0.2, 0) is 9.84 Å². The van der Waals surface area contributed by atoms with Crippen molar-refractivity contribution >= 4 is 33.2 Å². The summed E-state index contributed by atoms with van der Waals surface area (Å²) in [5, 5.41) is 10.2. The Labute approximate surface area is 194 Å². The first-order chi connectivity index (χ1) is 15.8. The van der Waals surface area contributed by atoms with Crippen LogP contribution in [0.2, 0.25) is 5.02 Å². The molecule has 0 unspecified atom stereocenters. The van der Waals surface area contributed by atoms with E-state index in [4.69, 9.17) is 16.3 Å². The van der Waals surface area contributed by atoms with Gasteiger partial charge >= 0.3 is 0 Å². The zero-order valence-electron chi connectivity index (χ0n) is 17.3. The molecule has 33 heavy (non-hydrogen) atoms. The van der Waals surface area contributed by atoms with Crippen molar-refractivity contribution in [2.75, 3.05) is 0 Å². The van der Waals surface area contributed by atoms with Crippen LogP contribution < -0.4 is 10.3 Å². The van der Waals surface area contributed by atoms with Gasteiger partial charge in [0.2, 0.25) is 15.7 Å². The Morgan fingerprint density at radius 3 is 2.45 bits per heavy atom. The Bertz CT molecular complexity index is 1590. The summed E-state index contributed by atoms with van der Waals surface area (Å²) in [7, 11) is -4.17. The van der Waals surface area contributed by atoms with E-state index in [0.717, 1.165) is 6.08 Å². The highest BCUT2D eigenvalue weighted by Gasteiger charge is 2.23. The Hall–Kier alpha value is -3.93. The van der Waals surface area contributed by atoms with Crippen molar-refractivity contribution in [1.29, 1.82) is 5.26 Å². The summed E-state index contributed by atoms with van der Waals surface area (Å²) < 4.78 is 33.2. The molecule has 0 aliphatic heterocycles. The summed E-state index contributed by atoms with van der Waals surface area (Å²) in [6.07, 6.45) is 2.51. The maximum atomic E-state index is 13.3. The number of benzene rings is 2. The highest BCUT2D eigenvalue weighted by atomic mass is 35.5. The second kappa shape index (κ2) is 8.90. The van der Waals surface area contributed by atoms with E-state index < -0.39 is 20.3 Å². The van der Waals surface area contributed by atoms with Crippen LogP contribution in [0.3, 0.4) is 0 Å². The van der Waals surface area contributed by atoms with Crippen LogP contribution in [0, 0.1) is 18.3 Å². The molecule has 2 aromatic carbocycles. The molecule has 0 aliphatic carbocycles. The number of hydrogen-bond donors (Lipinski definition) is 0. The number of aryl methyl sites for hydroxylation is 1. The molecule has 0 amide bonds. The molecule has 0 saturated heterocycles. The lowest BCUT2D eigenvalue weighted by molar-refractivity contribution is 0.461. The number of aromatic nitrogens is 2. The molecule has 4 aromatic rings. The Morgan fingerprint density at radius 1 is 1.09 bits per heavy atom. The van der Waals surface area contributed by atoms with Gasteiger partial charge in [-0.3, -0.25) is 9.20 Å². The van der Waals surface area contributed by atoms with E-state index in [2.05, 4.69) is 4.98 Å². The van der Waals surface area contributed by atoms with E-state index in [1.807, 2.05) is 0 Å². The van der Waals surface area contributed by atoms with Gasteiger partial charge in [0.1, 0.15) is 27.9 Å². The van der Waals surface area contributed by atoms with Gasteiger partial charge in [0.05, 0.1) is 4.90 Å². The number of allylic oxidation sites excluding steroid dienone is 1. The van der Waals surface area contributed by atoms with Gasteiger partial charge in [-0.1, -0.05) is 35.9 Å². The second-order valence-corrected chi connectivity index (χ2v) is 9.37. The van der Waals surface area contributed by atoms with Crippen LogP contribution >= 0.6 is 11.6 Å². The second-order valence-electron chi connectivity index (χ2n) is 7.01. The molecular formula is C24H16ClN3O4S. The molecule has 0 aliphatic rings. The van der Waals surface area contributed by atoms with Crippen molar-refractivity contribution in [2.45, 2.75) is 11.8 Å². The standard InChI is InChI=1S/C24H16ClN3O4S/c1-16-6-5-13-28-22(16)27-23(32-18-11-9-17(25)10-12-18)21(24(28)29)14-20(15-26)33(30,31)19-7-3-2-4-8-19/h2-14H,1H3/b20-14-. The lowest BCUT2D eigenvalue weighted by atomic mass is 10.2. The number of nitriles is 1. The number of rotatable bonds is 5. The maximum Gasteiger partial charge on any atom is 0.269 e. The molecule has 0 fully saturated rings. The molecule has 0 saturated carbocycles. The third-order valence-corrected chi connectivity index (χ3v) is 6.74. The van der Waals surface area contributed by atoms with E-state index in [1.165, 1.54) is 22.7 Å². The minimum Gasteiger partial charge on any atom is -0.438 e. The van der Waals surface area contributed by atoms with Crippen molar-refractivity contribution in [1.82, 2.24) is 9.38 Å². The number of nitrogens with zero attached hydrogens (tertiary/aromatic N) is 3. The number of halogens is 1. The van der Waals surface area contributed by atoms with E-state index in [1.54, 1.807) is 67.6 Å². The number of sulfone groups is 1. The molecular weight excluding hydrogens is 462 g/mol. The van der Waals surface area contributed by atoms with Crippen LogP contribution in [0.5, 0.6) is 11.6 Å². The predicted octanol–water partition coefficient (Wildman–Crippen LogP) is 4.79. The van der Waals surface area contributed by atoms with Crippen LogP contribution in [0.15, 0.2) is 87.5 Å². The average molecular weight is 478 g/mol. The maximum absolute atomic E-state index is 13.3. The van der Waals surface area contributed by atoms with Crippen molar-refractivity contribution in [2.24, 2.45) is 0 Å². The molecule has 0 N–H and O–H groups in total. The molecule has 0 radical (unpaired) electrons. The first-order valence-corrected chi connectivity index (χ1v) is 11.5. The van der Waals surface area contributed by atoms with Gasteiger partial charge in [-0.15, -0.1) is 0 Å². The van der Waals surface area contributed by atoms with E-state index in [9.17, 15) is 18.5 Å². The van der Waals surface area contributed by atoms with Crippen LogP contribution in [0.4, 0.5) is 0 Å². The normalized spacial score (nSPS) is 11.8. The van der Waals surface area contributed by atoms with Gasteiger partial charge in [-0.25, -0.2) is 8.42 Å². The van der Waals surface area contributed by atoms with Crippen molar-refractivity contribution < 1.29 is 13.2 Å². The topological polar surface area (TPSA) is 102 Å². The van der Waals surface area contributed by atoms with Gasteiger partial charge in [0.15, 0.2) is 0 Å². The molecule has 0 spiro atoms.